The van der Waals surface area contributed by atoms with E-state index in [-0.39, 0.29) is 17.7 Å². The molecular formula is C13H18FNO2. The first-order chi connectivity index (χ1) is 8.08. The molecule has 0 fully saturated rings. The molecule has 1 aromatic carbocycles. The van der Waals surface area contributed by atoms with E-state index >= 15 is 0 Å². The van der Waals surface area contributed by atoms with Crippen molar-refractivity contribution in [3.05, 3.63) is 30.1 Å². The van der Waals surface area contributed by atoms with Crippen LogP contribution in [0.2, 0.25) is 0 Å². The van der Waals surface area contributed by atoms with Gasteiger partial charge < -0.3 is 10.1 Å². The molecule has 0 aromatic heterocycles. The number of carbonyl (C=O) groups excluding carboxylic acids is 1. The summed E-state index contributed by atoms with van der Waals surface area (Å²) < 4.78 is 17.5. The third kappa shape index (κ3) is 3.73. The highest BCUT2D eigenvalue weighted by molar-refractivity contribution is 5.79. The summed E-state index contributed by atoms with van der Waals surface area (Å²) in [4.78, 5) is 11.6. The van der Waals surface area contributed by atoms with E-state index in [0.29, 0.717) is 5.69 Å². The van der Waals surface area contributed by atoms with Crippen LogP contribution in [0.1, 0.15) is 20.3 Å². The van der Waals surface area contributed by atoms with Crippen LogP contribution in [0, 0.1) is 11.7 Å². The summed E-state index contributed by atoms with van der Waals surface area (Å²) in [6.07, 6.45) is 0.855. The summed E-state index contributed by atoms with van der Waals surface area (Å²) >= 11 is 0. The zero-order valence-electron chi connectivity index (χ0n) is 10.4. The summed E-state index contributed by atoms with van der Waals surface area (Å²) in [6.45, 7) is 3.98. The average Bonchev–Trinajstić information content (AvgIpc) is 2.36. The van der Waals surface area contributed by atoms with Crippen LogP contribution in [0.15, 0.2) is 24.3 Å². The van der Waals surface area contributed by atoms with Gasteiger partial charge in [0, 0.05) is 5.69 Å². The van der Waals surface area contributed by atoms with Gasteiger partial charge in [-0.25, -0.2) is 9.18 Å². The van der Waals surface area contributed by atoms with Crippen molar-refractivity contribution in [1.82, 2.24) is 0 Å². The number of rotatable bonds is 5. The highest BCUT2D eigenvalue weighted by Gasteiger charge is 2.24. The summed E-state index contributed by atoms with van der Waals surface area (Å²) in [5.74, 6) is -0.454. The Morgan fingerprint density at radius 2 is 2.00 bits per heavy atom. The molecule has 3 nitrogen and oxygen atoms in total. The predicted molar refractivity (Wildman–Crippen MR) is 65.3 cm³/mol. The number of benzene rings is 1. The second-order valence-electron chi connectivity index (χ2n) is 4.04. The quantitative estimate of drug-likeness (QED) is 0.803. The second-order valence-corrected chi connectivity index (χ2v) is 4.04. The van der Waals surface area contributed by atoms with Crippen LogP contribution in [0.25, 0.3) is 0 Å². The van der Waals surface area contributed by atoms with Gasteiger partial charge in [0.2, 0.25) is 0 Å². The molecule has 1 rings (SSSR count). The zero-order chi connectivity index (χ0) is 12.8. The molecule has 0 radical (unpaired) electrons. The lowest BCUT2D eigenvalue weighted by Crippen LogP contribution is -2.36. The molecule has 17 heavy (non-hydrogen) atoms. The van der Waals surface area contributed by atoms with E-state index in [1.807, 2.05) is 13.8 Å². The molecule has 2 unspecified atom stereocenters. The first kappa shape index (κ1) is 13.5. The summed E-state index contributed by atoms with van der Waals surface area (Å²) in [7, 11) is 1.37. The molecule has 4 heteroatoms. The summed E-state index contributed by atoms with van der Waals surface area (Å²) in [5, 5.41) is 3.07. The van der Waals surface area contributed by atoms with E-state index in [1.165, 1.54) is 19.2 Å². The molecule has 94 valence electrons. The minimum absolute atomic E-state index is 0.146. The maximum absolute atomic E-state index is 12.8. The lowest BCUT2D eigenvalue weighted by atomic mass is 9.99. The van der Waals surface area contributed by atoms with Crippen LogP contribution in [-0.2, 0) is 9.53 Å². The van der Waals surface area contributed by atoms with Crippen molar-refractivity contribution in [3.8, 4) is 0 Å². The number of carbonyl (C=O) groups is 1. The lowest BCUT2D eigenvalue weighted by Gasteiger charge is -2.22. The van der Waals surface area contributed by atoms with Crippen LogP contribution in [0.4, 0.5) is 10.1 Å². The number of methoxy groups -OCH3 is 1. The fraction of sp³-hybridized carbons (Fsp3) is 0.462. The van der Waals surface area contributed by atoms with Crippen LogP contribution in [-0.4, -0.2) is 19.1 Å². The number of esters is 1. The predicted octanol–water partition coefficient (Wildman–Crippen LogP) is 2.83. The number of nitrogens with one attached hydrogen (secondary N) is 1. The molecule has 0 saturated carbocycles. The van der Waals surface area contributed by atoms with E-state index < -0.39 is 6.04 Å². The lowest BCUT2D eigenvalue weighted by molar-refractivity contribution is -0.142. The fourth-order valence-electron chi connectivity index (χ4n) is 1.52. The molecule has 1 aromatic rings. The van der Waals surface area contributed by atoms with Gasteiger partial charge in [-0.15, -0.1) is 0 Å². The maximum Gasteiger partial charge on any atom is 0.328 e. The largest absolute Gasteiger partial charge is 0.467 e. The first-order valence-electron chi connectivity index (χ1n) is 5.68. The van der Waals surface area contributed by atoms with Crippen LogP contribution < -0.4 is 5.32 Å². The monoisotopic (exact) mass is 239 g/mol. The van der Waals surface area contributed by atoms with Crippen LogP contribution in [0.5, 0.6) is 0 Å². The number of halogens is 1. The maximum atomic E-state index is 12.8. The molecule has 0 amide bonds. The van der Waals surface area contributed by atoms with Crippen molar-refractivity contribution in [1.29, 1.82) is 0 Å². The van der Waals surface area contributed by atoms with Crippen molar-refractivity contribution < 1.29 is 13.9 Å². The highest BCUT2D eigenvalue weighted by atomic mass is 19.1. The van der Waals surface area contributed by atoms with Gasteiger partial charge in [-0.05, 0) is 30.2 Å². The van der Waals surface area contributed by atoms with Gasteiger partial charge in [-0.1, -0.05) is 20.3 Å². The molecule has 0 saturated heterocycles. The Balaban J connectivity index is 2.78. The third-order valence-corrected chi connectivity index (χ3v) is 2.83. The van der Waals surface area contributed by atoms with Crippen molar-refractivity contribution in [2.24, 2.45) is 5.92 Å². The molecule has 0 aliphatic carbocycles. The Kier molecular flexibility index (Phi) is 4.94. The minimum atomic E-state index is -0.407. The molecule has 0 spiro atoms. The van der Waals surface area contributed by atoms with Gasteiger partial charge in [-0.2, -0.15) is 0 Å². The smallest absolute Gasteiger partial charge is 0.328 e. The molecular weight excluding hydrogens is 221 g/mol. The molecule has 0 heterocycles. The number of hydrogen-bond acceptors (Lipinski definition) is 3. The van der Waals surface area contributed by atoms with Gasteiger partial charge >= 0.3 is 5.97 Å². The minimum Gasteiger partial charge on any atom is -0.467 e. The van der Waals surface area contributed by atoms with Crippen molar-refractivity contribution >= 4 is 11.7 Å². The van der Waals surface area contributed by atoms with Gasteiger partial charge in [0.25, 0.3) is 0 Å². The Bertz CT molecular complexity index is 364. The van der Waals surface area contributed by atoms with Gasteiger partial charge in [0.15, 0.2) is 0 Å². The first-order valence-corrected chi connectivity index (χ1v) is 5.68. The van der Waals surface area contributed by atoms with Crippen molar-refractivity contribution in [2.75, 3.05) is 12.4 Å². The van der Waals surface area contributed by atoms with Crippen molar-refractivity contribution in [2.45, 2.75) is 26.3 Å². The van der Waals surface area contributed by atoms with Crippen molar-refractivity contribution in [3.63, 3.8) is 0 Å². The number of hydrogen-bond donors (Lipinski definition) is 1. The molecule has 2 atom stereocenters. The number of anilines is 1. The van der Waals surface area contributed by atoms with E-state index in [9.17, 15) is 9.18 Å². The summed E-state index contributed by atoms with van der Waals surface area (Å²) in [5.41, 5.74) is 0.710. The van der Waals surface area contributed by atoms with Gasteiger partial charge in [0.1, 0.15) is 11.9 Å². The number of ether oxygens (including phenoxy) is 1. The molecule has 0 bridgehead atoms. The Hall–Kier alpha value is -1.58. The van der Waals surface area contributed by atoms with Gasteiger partial charge in [-0.3, -0.25) is 0 Å². The Morgan fingerprint density at radius 1 is 1.41 bits per heavy atom. The highest BCUT2D eigenvalue weighted by Crippen LogP contribution is 2.16. The fourth-order valence-corrected chi connectivity index (χ4v) is 1.52. The molecule has 0 aliphatic heterocycles. The average molecular weight is 239 g/mol. The van der Waals surface area contributed by atoms with E-state index in [0.717, 1.165) is 6.42 Å². The van der Waals surface area contributed by atoms with E-state index in [2.05, 4.69) is 5.32 Å². The van der Waals surface area contributed by atoms with E-state index in [1.54, 1.807) is 12.1 Å². The second kappa shape index (κ2) is 6.23. The van der Waals surface area contributed by atoms with Crippen LogP contribution >= 0.6 is 0 Å². The van der Waals surface area contributed by atoms with Gasteiger partial charge in [0.05, 0.1) is 7.11 Å². The van der Waals surface area contributed by atoms with E-state index in [4.69, 9.17) is 4.74 Å². The zero-order valence-corrected chi connectivity index (χ0v) is 10.4. The standard InChI is InChI=1S/C13H18FNO2/c1-4-9(2)12(13(16)17-3)15-11-7-5-10(14)6-8-11/h5-9,12,15H,4H2,1-3H3. The van der Waals surface area contributed by atoms with Crippen LogP contribution in [0.3, 0.4) is 0 Å². The third-order valence-electron chi connectivity index (χ3n) is 2.83. The summed E-state index contributed by atoms with van der Waals surface area (Å²) in [6, 6.07) is 5.51. The molecule has 0 aliphatic rings. The topological polar surface area (TPSA) is 38.3 Å². The SMILES string of the molecule is CCC(C)C(Nc1ccc(F)cc1)C(=O)OC. The Morgan fingerprint density at radius 3 is 2.47 bits per heavy atom. The Labute approximate surface area is 101 Å². The molecule has 1 N–H and O–H groups in total. The normalized spacial score (nSPS) is 13.9.